The fourth-order valence-corrected chi connectivity index (χ4v) is 5.06. The normalized spacial score (nSPS) is 15.4. The number of benzene rings is 2. The molecule has 1 aliphatic heterocycles. The third-order valence-corrected chi connectivity index (χ3v) is 6.62. The Labute approximate surface area is 174 Å². The number of rotatable bonds is 3. The van der Waals surface area contributed by atoms with Crippen LogP contribution in [0.3, 0.4) is 0 Å². The summed E-state index contributed by atoms with van der Waals surface area (Å²) >= 11 is 8.85. The molecule has 2 aromatic carbocycles. The average Bonchev–Trinajstić information content (AvgIpc) is 3.34. The summed E-state index contributed by atoms with van der Waals surface area (Å²) in [4.78, 5) is 19.2. The molecule has 0 atom stereocenters. The highest BCUT2D eigenvalue weighted by molar-refractivity contribution is 7.20. The lowest BCUT2D eigenvalue weighted by Gasteiger charge is -2.31. The number of nitrogens with zero attached hydrogens (tertiary/aromatic N) is 4. The largest absolute Gasteiger partial charge is 0.467 e. The van der Waals surface area contributed by atoms with Gasteiger partial charge in [-0.15, -0.1) is 0 Å². The SMILES string of the molecule is O=C(c1ccc2nsnc2c1)N1CCC(Oc2nc3c(Cl)cccc3s2)CC1. The second kappa shape index (κ2) is 7.27. The number of piperidine rings is 1. The number of fused-ring (bicyclic) bond motifs is 2. The van der Waals surface area contributed by atoms with Crippen molar-refractivity contribution in [3.05, 3.63) is 47.0 Å². The van der Waals surface area contributed by atoms with E-state index >= 15 is 0 Å². The minimum atomic E-state index is 0.0279. The van der Waals surface area contributed by atoms with Crippen LogP contribution in [0.2, 0.25) is 5.02 Å². The molecule has 9 heteroatoms. The minimum Gasteiger partial charge on any atom is -0.467 e. The number of para-hydroxylation sites is 1. The van der Waals surface area contributed by atoms with Crippen LogP contribution in [0.15, 0.2) is 36.4 Å². The van der Waals surface area contributed by atoms with E-state index in [4.69, 9.17) is 16.3 Å². The van der Waals surface area contributed by atoms with Gasteiger partial charge in [0.05, 0.1) is 21.5 Å². The van der Waals surface area contributed by atoms with Crippen molar-refractivity contribution in [2.75, 3.05) is 13.1 Å². The van der Waals surface area contributed by atoms with E-state index in [1.54, 1.807) is 0 Å². The van der Waals surface area contributed by atoms with Gasteiger partial charge in [-0.1, -0.05) is 29.0 Å². The molecule has 6 nitrogen and oxygen atoms in total. The molecule has 0 unspecified atom stereocenters. The number of carbonyl (C=O) groups excluding carboxylic acids is 1. The summed E-state index contributed by atoms with van der Waals surface area (Å²) in [5.41, 5.74) is 3.03. The Hall–Kier alpha value is -2.29. The van der Waals surface area contributed by atoms with Gasteiger partial charge in [0.25, 0.3) is 11.1 Å². The molecular weight excluding hydrogens is 416 g/mol. The van der Waals surface area contributed by atoms with Gasteiger partial charge in [0, 0.05) is 31.5 Å². The lowest BCUT2D eigenvalue weighted by molar-refractivity contribution is 0.0595. The first-order valence-corrected chi connectivity index (χ1v) is 10.8. The van der Waals surface area contributed by atoms with Crippen LogP contribution in [0.5, 0.6) is 5.19 Å². The van der Waals surface area contributed by atoms with Crippen molar-refractivity contribution in [3.8, 4) is 5.19 Å². The van der Waals surface area contributed by atoms with Crippen molar-refractivity contribution in [1.82, 2.24) is 18.6 Å². The van der Waals surface area contributed by atoms with Gasteiger partial charge >= 0.3 is 0 Å². The van der Waals surface area contributed by atoms with E-state index < -0.39 is 0 Å². The van der Waals surface area contributed by atoms with Crippen molar-refractivity contribution in [2.24, 2.45) is 0 Å². The molecule has 3 heterocycles. The molecule has 1 aliphatic rings. The third kappa shape index (κ3) is 3.32. The fourth-order valence-electron chi connectivity index (χ4n) is 3.36. The van der Waals surface area contributed by atoms with E-state index in [2.05, 4.69) is 13.7 Å². The highest BCUT2D eigenvalue weighted by Crippen LogP contribution is 2.33. The number of carbonyl (C=O) groups is 1. The molecule has 0 saturated carbocycles. The zero-order valence-corrected chi connectivity index (χ0v) is 17.1. The first kappa shape index (κ1) is 17.8. The van der Waals surface area contributed by atoms with Crippen LogP contribution in [0.25, 0.3) is 21.3 Å². The van der Waals surface area contributed by atoms with Crippen LogP contribution in [0.4, 0.5) is 0 Å². The second-order valence-electron chi connectivity index (χ2n) is 6.64. The van der Waals surface area contributed by atoms with E-state index in [1.165, 1.54) is 11.3 Å². The van der Waals surface area contributed by atoms with Crippen LogP contribution in [0, 0.1) is 0 Å². The van der Waals surface area contributed by atoms with Crippen LogP contribution in [0.1, 0.15) is 23.2 Å². The standard InChI is InChI=1S/C19H15ClN4O2S2/c20-13-2-1-3-16-17(13)21-19(27-16)26-12-6-8-24(9-7-12)18(25)11-4-5-14-15(10-11)23-28-22-14/h1-5,10,12H,6-9H2. The van der Waals surface area contributed by atoms with Crippen molar-refractivity contribution in [3.63, 3.8) is 0 Å². The summed E-state index contributed by atoms with van der Waals surface area (Å²) in [5, 5.41) is 1.27. The molecular formula is C19H15ClN4O2S2. The topological polar surface area (TPSA) is 68.2 Å². The van der Waals surface area contributed by atoms with Crippen LogP contribution in [-0.4, -0.2) is 43.7 Å². The van der Waals surface area contributed by atoms with Gasteiger partial charge in [0.1, 0.15) is 22.7 Å². The summed E-state index contributed by atoms with van der Waals surface area (Å²) in [6.45, 7) is 1.31. The Balaban J connectivity index is 1.24. The summed E-state index contributed by atoms with van der Waals surface area (Å²) < 4.78 is 15.5. The van der Waals surface area contributed by atoms with Gasteiger partial charge in [0.2, 0.25) is 0 Å². The third-order valence-electron chi connectivity index (χ3n) is 4.85. The van der Waals surface area contributed by atoms with Crippen molar-refractivity contribution in [2.45, 2.75) is 18.9 Å². The van der Waals surface area contributed by atoms with Crippen LogP contribution < -0.4 is 4.74 Å². The lowest BCUT2D eigenvalue weighted by atomic mass is 10.1. The number of likely N-dealkylation sites (tertiary alicyclic amines) is 1. The Kier molecular flexibility index (Phi) is 4.62. The second-order valence-corrected chi connectivity index (χ2v) is 8.57. The van der Waals surface area contributed by atoms with Gasteiger partial charge in [0.15, 0.2) is 0 Å². The molecule has 0 radical (unpaired) electrons. The van der Waals surface area contributed by atoms with Gasteiger partial charge in [-0.25, -0.2) is 4.98 Å². The van der Waals surface area contributed by atoms with Crippen LogP contribution in [-0.2, 0) is 0 Å². The molecule has 0 spiro atoms. The Morgan fingerprint density at radius 3 is 2.79 bits per heavy atom. The lowest BCUT2D eigenvalue weighted by Crippen LogP contribution is -2.41. The predicted octanol–water partition coefficient (Wildman–Crippen LogP) is 4.64. The van der Waals surface area contributed by atoms with Gasteiger partial charge in [-0.05, 0) is 30.3 Å². The molecule has 4 aromatic rings. The Morgan fingerprint density at radius 2 is 1.96 bits per heavy atom. The Bertz CT molecular complexity index is 1170. The number of aromatic nitrogens is 3. The van der Waals surface area contributed by atoms with E-state index in [0.717, 1.165) is 45.8 Å². The highest BCUT2D eigenvalue weighted by atomic mass is 35.5. The molecule has 28 heavy (non-hydrogen) atoms. The van der Waals surface area contributed by atoms with Gasteiger partial charge in [-0.3, -0.25) is 4.79 Å². The maximum Gasteiger partial charge on any atom is 0.274 e. The van der Waals surface area contributed by atoms with Crippen molar-refractivity contribution >= 4 is 61.8 Å². The molecule has 1 amide bonds. The van der Waals surface area contributed by atoms with Crippen molar-refractivity contribution in [1.29, 1.82) is 0 Å². The quantitative estimate of drug-likeness (QED) is 0.473. The van der Waals surface area contributed by atoms with Gasteiger partial charge < -0.3 is 9.64 Å². The molecule has 0 aliphatic carbocycles. The molecule has 5 rings (SSSR count). The number of amides is 1. The number of hydrogen-bond donors (Lipinski definition) is 0. The maximum atomic E-state index is 12.8. The predicted molar refractivity (Wildman–Crippen MR) is 112 cm³/mol. The Morgan fingerprint density at radius 1 is 1.14 bits per heavy atom. The average molecular weight is 431 g/mol. The zero-order valence-electron chi connectivity index (χ0n) is 14.7. The zero-order chi connectivity index (χ0) is 19.1. The summed E-state index contributed by atoms with van der Waals surface area (Å²) in [7, 11) is 0. The maximum absolute atomic E-state index is 12.8. The first-order chi connectivity index (χ1) is 13.7. The van der Waals surface area contributed by atoms with Crippen LogP contribution >= 0.6 is 34.7 Å². The molecule has 2 aromatic heterocycles. The first-order valence-electron chi connectivity index (χ1n) is 8.91. The van der Waals surface area contributed by atoms with E-state index in [-0.39, 0.29) is 12.0 Å². The minimum absolute atomic E-state index is 0.0279. The smallest absolute Gasteiger partial charge is 0.274 e. The van der Waals surface area contributed by atoms with Crippen molar-refractivity contribution < 1.29 is 9.53 Å². The monoisotopic (exact) mass is 430 g/mol. The van der Waals surface area contributed by atoms with Gasteiger partial charge in [-0.2, -0.15) is 8.75 Å². The molecule has 0 bridgehead atoms. The summed E-state index contributed by atoms with van der Waals surface area (Å²) in [6.07, 6.45) is 1.60. The molecule has 1 saturated heterocycles. The van der Waals surface area contributed by atoms with E-state index in [0.29, 0.717) is 28.9 Å². The number of hydrogen-bond acceptors (Lipinski definition) is 7. The van der Waals surface area contributed by atoms with E-state index in [9.17, 15) is 4.79 Å². The number of halogens is 1. The highest BCUT2D eigenvalue weighted by Gasteiger charge is 2.26. The molecule has 142 valence electrons. The number of thiazole rings is 1. The molecule has 0 N–H and O–H groups in total. The van der Waals surface area contributed by atoms with E-state index in [1.807, 2.05) is 41.3 Å². The fraction of sp³-hybridized carbons (Fsp3) is 0.263. The molecule has 1 fully saturated rings. The summed E-state index contributed by atoms with van der Waals surface area (Å²) in [5.74, 6) is 0.0279. The summed E-state index contributed by atoms with van der Waals surface area (Å²) in [6, 6.07) is 11.2. The number of ether oxygens (including phenoxy) is 1.